The van der Waals surface area contributed by atoms with Crippen LogP contribution in [0.3, 0.4) is 0 Å². The van der Waals surface area contributed by atoms with Gasteiger partial charge in [-0.25, -0.2) is 0 Å². The van der Waals surface area contributed by atoms with Crippen molar-refractivity contribution in [1.29, 1.82) is 0 Å². The molecule has 7 heteroatoms. The normalized spacial score (nSPS) is 15.7. The van der Waals surface area contributed by atoms with Crippen molar-refractivity contribution in [2.24, 2.45) is 0 Å². The van der Waals surface area contributed by atoms with Crippen molar-refractivity contribution in [1.82, 2.24) is 14.7 Å². The second-order valence-electron chi connectivity index (χ2n) is 6.42. The number of likely N-dealkylation sites (N-methyl/N-ethyl adjacent to an activating group) is 1. The fourth-order valence-electron chi connectivity index (χ4n) is 2.96. The molecule has 1 fully saturated rings. The molecule has 0 unspecified atom stereocenters. The van der Waals surface area contributed by atoms with Crippen molar-refractivity contribution in [3.63, 3.8) is 0 Å². The molecule has 0 atom stereocenters. The van der Waals surface area contributed by atoms with E-state index in [1.54, 1.807) is 24.1 Å². The minimum atomic E-state index is -0.120. The molecule has 1 aliphatic rings. The summed E-state index contributed by atoms with van der Waals surface area (Å²) in [5.41, 5.74) is 0. The van der Waals surface area contributed by atoms with E-state index in [0.29, 0.717) is 37.7 Å². The Kier molecular flexibility index (Phi) is 8.40. The lowest BCUT2D eigenvalue weighted by atomic mass is 10.1. The zero-order valence-electron chi connectivity index (χ0n) is 15.1. The van der Waals surface area contributed by atoms with Crippen molar-refractivity contribution < 1.29 is 19.4 Å². The highest BCUT2D eigenvalue weighted by molar-refractivity contribution is 5.91. The fourth-order valence-corrected chi connectivity index (χ4v) is 2.96. The van der Waals surface area contributed by atoms with Crippen LogP contribution in [0.4, 0.5) is 0 Å². The fraction of sp³-hybridized carbons (Fsp3) is 0.667. The molecule has 25 heavy (non-hydrogen) atoms. The third-order valence-electron chi connectivity index (χ3n) is 4.48. The lowest BCUT2D eigenvalue weighted by molar-refractivity contribution is 0.0738. The number of nitrogens with zero attached hydrogens (tertiary/aromatic N) is 3. The highest BCUT2D eigenvalue weighted by Gasteiger charge is 2.18. The van der Waals surface area contributed by atoms with E-state index in [4.69, 9.17) is 14.6 Å². The quantitative estimate of drug-likeness (QED) is 0.636. The van der Waals surface area contributed by atoms with Crippen LogP contribution in [0.5, 0.6) is 0 Å². The van der Waals surface area contributed by atoms with Crippen molar-refractivity contribution >= 4 is 5.91 Å². The standard InChI is InChI=1S/C18H30N3O4/c1-19(9-10-20-7-3-2-4-8-20)18(24)17-6-5-16(25-17)15-21(11-13-22)12-14-23/h2,5-6,22-23H,3-4,7-15H2,1H3. The summed E-state index contributed by atoms with van der Waals surface area (Å²) in [5.74, 6) is 0.869. The molecule has 0 spiro atoms. The third-order valence-corrected chi connectivity index (χ3v) is 4.48. The maximum absolute atomic E-state index is 12.5. The molecule has 0 saturated carbocycles. The number of aliphatic hydroxyl groups excluding tert-OH is 2. The Morgan fingerprint density at radius 2 is 1.84 bits per heavy atom. The Morgan fingerprint density at radius 3 is 2.48 bits per heavy atom. The number of carbonyl (C=O) groups is 1. The van der Waals surface area contributed by atoms with E-state index in [1.807, 2.05) is 4.90 Å². The maximum atomic E-state index is 12.5. The van der Waals surface area contributed by atoms with Crippen LogP contribution < -0.4 is 0 Å². The Morgan fingerprint density at radius 1 is 1.16 bits per heavy atom. The van der Waals surface area contributed by atoms with Gasteiger partial charge in [-0.1, -0.05) is 0 Å². The van der Waals surface area contributed by atoms with Gasteiger partial charge in [0.2, 0.25) is 0 Å². The van der Waals surface area contributed by atoms with Crippen molar-refractivity contribution in [3.05, 3.63) is 30.1 Å². The molecule has 1 aromatic rings. The first-order valence-corrected chi connectivity index (χ1v) is 8.96. The van der Waals surface area contributed by atoms with Crippen molar-refractivity contribution in [2.75, 3.05) is 59.5 Å². The number of aliphatic hydroxyl groups is 2. The number of furan rings is 1. The smallest absolute Gasteiger partial charge is 0.289 e. The van der Waals surface area contributed by atoms with Gasteiger partial charge in [-0.3, -0.25) is 9.69 Å². The molecule has 1 amide bonds. The average Bonchev–Trinajstić information content (AvgIpc) is 3.09. The molecule has 0 aromatic carbocycles. The molecule has 1 aromatic heterocycles. The Bertz CT molecular complexity index is 508. The summed E-state index contributed by atoms with van der Waals surface area (Å²) in [4.78, 5) is 18.4. The summed E-state index contributed by atoms with van der Waals surface area (Å²) in [6.07, 6.45) is 4.56. The first-order chi connectivity index (χ1) is 12.1. The molecule has 141 valence electrons. The van der Waals surface area contributed by atoms with E-state index < -0.39 is 0 Å². The van der Waals surface area contributed by atoms with Crippen LogP contribution in [0.1, 0.15) is 29.2 Å². The first kappa shape index (κ1) is 19.9. The highest BCUT2D eigenvalue weighted by atomic mass is 16.4. The number of piperidine rings is 1. The van der Waals surface area contributed by atoms with Crippen LogP contribution in [0.2, 0.25) is 0 Å². The maximum Gasteiger partial charge on any atom is 0.289 e. The van der Waals surface area contributed by atoms with Crippen LogP contribution in [0.25, 0.3) is 0 Å². The summed E-state index contributed by atoms with van der Waals surface area (Å²) in [6, 6.07) is 3.48. The van der Waals surface area contributed by atoms with Crippen LogP contribution >= 0.6 is 0 Å². The van der Waals surface area contributed by atoms with Gasteiger partial charge in [0, 0.05) is 33.2 Å². The number of hydrogen-bond acceptors (Lipinski definition) is 6. The van der Waals surface area contributed by atoms with Gasteiger partial charge in [0.15, 0.2) is 5.76 Å². The lowest BCUT2D eigenvalue weighted by Gasteiger charge is -2.28. The van der Waals surface area contributed by atoms with E-state index in [-0.39, 0.29) is 19.1 Å². The van der Waals surface area contributed by atoms with E-state index in [9.17, 15) is 4.79 Å². The summed E-state index contributed by atoms with van der Waals surface area (Å²) < 4.78 is 5.67. The first-order valence-electron chi connectivity index (χ1n) is 8.96. The van der Waals surface area contributed by atoms with Gasteiger partial charge in [-0.2, -0.15) is 0 Å². The molecule has 0 bridgehead atoms. The van der Waals surface area contributed by atoms with Crippen molar-refractivity contribution in [3.8, 4) is 0 Å². The third kappa shape index (κ3) is 6.43. The highest BCUT2D eigenvalue weighted by Crippen LogP contribution is 2.13. The van der Waals surface area contributed by atoms with Gasteiger partial charge in [0.25, 0.3) is 5.91 Å². The number of hydrogen-bond donors (Lipinski definition) is 2. The summed E-state index contributed by atoms with van der Waals surface area (Å²) in [5, 5.41) is 18.1. The molecular formula is C18H30N3O4. The molecule has 2 rings (SSSR count). The van der Waals surface area contributed by atoms with Gasteiger partial charge < -0.3 is 24.4 Å². The zero-order valence-corrected chi connectivity index (χ0v) is 15.1. The van der Waals surface area contributed by atoms with Gasteiger partial charge in [0.1, 0.15) is 5.76 Å². The topological polar surface area (TPSA) is 80.4 Å². The monoisotopic (exact) mass is 352 g/mol. The second kappa shape index (κ2) is 10.6. The predicted octanol–water partition coefficient (Wildman–Crippen LogP) is 0.438. The van der Waals surface area contributed by atoms with E-state index in [0.717, 1.165) is 32.5 Å². The SMILES string of the molecule is CN(CCN1CC[CH]CC1)C(=O)c1ccc(CN(CCO)CCO)o1. The van der Waals surface area contributed by atoms with Crippen LogP contribution in [0, 0.1) is 6.42 Å². The Hall–Kier alpha value is -1.41. The molecule has 1 aliphatic heterocycles. The molecular weight excluding hydrogens is 322 g/mol. The molecule has 0 aliphatic carbocycles. The Balaban J connectivity index is 1.83. The average molecular weight is 352 g/mol. The summed E-state index contributed by atoms with van der Waals surface area (Å²) in [7, 11) is 1.80. The molecule has 1 saturated heterocycles. The minimum absolute atomic E-state index is 0.0174. The predicted molar refractivity (Wildman–Crippen MR) is 95.1 cm³/mol. The minimum Gasteiger partial charge on any atom is -0.455 e. The zero-order chi connectivity index (χ0) is 18.1. The van der Waals surface area contributed by atoms with Crippen LogP contribution in [0.15, 0.2) is 16.5 Å². The largest absolute Gasteiger partial charge is 0.455 e. The summed E-state index contributed by atoms with van der Waals surface area (Å²) in [6.45, 7) is 5.10. The van der Waals surface area contributed by atoms with Gasteiger partial charge >= 0.3 is 0 Å². The van der Waals surface area contributed by atoms with Crippen molar-refractivity contribution in [2.45, 2.75) is 19.4 Å². The molecule has 2 N–H and O–H groups in total. The number of likely N-dealkylation sites (tertiary alicyclic amines) is 1. The van der Waals surface area contributed by atoms with E-state index in [2.05, 4.69) is 11.3 Å². The number of carbonyl (C=O) groups excluding carboxylic acids is 1. The summed E-state index contributed by atoms with van der Waals surface area (Å²) >= 11 is 0. The number of amides is 1. The van der Waals surface area contributed by atoms with E-state index >= 15 is 0 Å². The lowest BCUT2D eigenvalue weighted by Crippen LogP contribution is -2.38. The molecule has 7 nitrogen and oxygen atoms in total. The van der Waals surface area contributed by atoms with Crippen LogP contribution in [-0.2, 0) is 6.54 Å². The second-order valence-corrected chi connectivity index (χ2v) is 6.42. The van der Waals surface area contributed by atoms with Crippen LogP contribution in [-0.4, -0.2) is 90.3 Å². The van der Waals surface area contributed by atoms with Gasteiger partial charge in [-0.15, -0.1) is 0 Å². The molecule has 2 heterocycles. The number of rotatable bonds is 10. The molecule has 1 radical (unpaired) electrons. The van der Waals surface area contributed by atoms with Gasteiger partial charge in [-0.05, 0) is 44.5 Å². The van der Waals surface area contributed by atoms with Gasteiger partial charge in [0.05, 0.1) is 19.8 Å². The Labute approximate surface area is 149 Å². The van der Waals surface area contributed by atoms with E-state index in [1.165, 1.54) is 0 Å².